The lowest BCUT2D eigenvalue weighted by molar-refractivity contribution is -0.233. The maximum absolute atomic E-state index is 11.8. The molecule has 1 heterocycles. The highest BCUT2D eigenvalue weighted by Gasteiger charge is 2.17. The number of nitrogens with zero attached hydrogens (tertiary/aromatic N) is 4. The second-order valence-corrected chi connectivity index (χ2v) is 6.41. The van der Waals surface area contributed by atoms with Crippen LogP contribution in [0.25, 0.3) is 0 Å². The Labute approximate surface area is 129 Å². The van der Waals surface area contributed by atoms with Crippen molar-refractivity contribution in [2.45, 2.75) is 58.0 Å². The average molecular weight is 308 g/mol. The SMILES string of the molecule is CC1(C)CC([O-])=NCN=C([O-])CC(C)(C)N=C([O-])CC([O-])=N1. The fourth-order valence-corrected chi connectivity index (χ4v) is 2.01. The Balaban J connectivity index is 3.16. The molecular formula is C14H20N4O4-4. The van der Waals surface area contributed by atoms with Gasteiger partial charge in [-0.05, 0) is 64.1 Å². The van der Waals surface area contributed by atoms with Gasteiger partial charge in [-0.25, -0.2) is 0 Å². The minimum absolute atomic E-state index is 0.0979. The van der Waals surface area contributed by atoms with Crippen LogP contribution in [0, 0.1) is 0 Å². The van der Waals surface area contributed by atoms with Crippen molar-refractivity contribution in [1.82, 2.24) is 0 Å². The number of hydrogen-bond donors (Lipinski definition) is 0. The second-order valence-electron chi connectivity index (χ2n) is 6.41. The summed E-state index contributed by atoms with van der Waals surface area (Å²) in [5.74, 6) is -2.28. The van der Waals surface area contributed by atoms with Gasteiger partial charge in [-0.1, -0.05) is 0 Å². The maximum atomic E-state index is 11.8. The summed E-state index contributed by atoms with van der Waals surface area (Å²) in [4.78, 5) is 15.0. The van der Waals surface area contributed by atoms with Gasteiger partial charge in [0.25, 0.3) is 0 Å². The molecule has 0 unspecified atom stereocenters. The van der Waals surface area contributed by atoms with E-state index in [4.69, 9.17) is 0 Å². The summed E-state index contributed by atoms with van der Waals surface area (Å²) < 4.78 is 0. The molecule has 0 saturated heterocycles. The van der Waals surface area contributed by atoms with E-state index in [2.05, 4.69) is 20.0 Å². The Morgan fingerprint density at radius 3 is 1.41 bits per heavy atom. The first-order valence-electron chi connectivity index (χ1n) is 6.91. The molecule has 0 amide bonds. The first-order chi connectivity index (χ1) is 9.99. The third-order valence-corrected chi connectivity index (χ3v) is 2.82. The van der Waals surface area contributed by atoms with Crippen LogP contribution < -0.4 is 20.4 Å². The van der Waals surface area contributed by atoms with E-state index in [1.54, 1.807) is 27.7 Å². The molecule has 0 aromatic rings. The standard InChI is InChI=1S/C14H24N4O4/c1-13(2)6-11(21)15-8-16-12(22)7-14(3,4)18-10(20)5-9(19)17-13/h5-8H2,1-4H3,(H,15,21)(H,16,22)(H,17,19)(H,18,20)/p-4. The van der Waals surface area contributed by atoms with Crippen molar-refractivity contribution in [2.75, 3.05) is 6.67 Å². The molecule has 0 fully saturated rings. The first kappa shape index (κ1) is 17.9. The van der Waals surface area contributed by atoms with Crippen LogP contribution in [0.5, 0.6) is 0 Å². The number of hydrogen-bond acceptors (Lipinski definition) is 8. The summed E-state index contributed by atoms with van der Waals surface area (Å²) in [5.41, 5.74) is -1.94. The molecule has 1 rings (SSSR count). The van der Waals surface area contributed by atoms with Crippen molar-refractivity contribution in [1.29, 1.82) is 0 Å². The van der Waals surface area contributed by atoms with E-state index in [0.717, 1.165) is 0 Å². The lowest BCUT2D eigenvalue weighted by Gasteiger charge is -2.30. The fraction of sp³-hybridized carbons (Fsp3) is 0.714. The highest BCUT2D eigenvalue weighted by Crippen LogP contribution is 2.17. The molecule has 0 saturated carbocycles. The molecule has 22 heavy (non-hydrogen) atoms. The molecule has 8 heteroatoms. The van der Waals surface area contributed by atoms with Crippen molar-refractivity contribution in [2.24, 2.45) is 20.0 Å². The molecule has 0 bridgehead atoms. The number of rotatable bonds is 0. The average Bonchev–Trinajstić information content (AvgIpc) is 2.22. The quantitative estimate of drug-likeness (QED) is 0.496. The van der Waals surface area contributed by atoms with Crippen molar-refractivity contribution in [3.8, 4) is 0 Å². The smallest absolute Gasteiger partial charge is 0.127 e. The summed E-state index contributed by atoms with van der Waals surface area (Å²) in [5, 5.41) is 46.9. The van der Waals surface area contributed by atoms with Crippen LogP contribution in [-0.2, 0) is 0 Å². The van der Waals surface area contributed by atoms with E-state index in [1.165, 1.54) is 0 Å². The van der Waals surface area contributed by atoms with Gasteiger partial charge >= 0.3 is 0 Å². The van der Waals surface area contributed by atoms with Crippen molar-refractivity contribution in [3.05, 3.63) is 0 Å². The molecule has 8 nitrogen and oxygen atoms in total. The third kappa shape index (κ3) is 6.55. The van der Waals surface area contributed by atoms with E-state index in [1.807, 2.05) is 0 Å². The van der Waals surface area contributed by atoms with Crippen LogP contribution in [0.3, 0.4) is 0 Å². The van der Waals surface area contributed by atoms with Crippen molar-refractivity contribution < 1.29 is 20.4 Å². The van der Waals surface area contributed by atoms with Crippen LogP contribution in [0.2, 0.25) is 0 Å². The lowest BCUT2D eigenvalue weighted by Crippen LogP contribution is -2.37. The molecule has 0 spiro atoms. The van der Waals surface area contributed by atoms with Gasteiger partial charge in [0.2, 0.25) is 0 Å². The third-order valence-electron chi connectivity index (χ3n) is 2.82. The summed E-state index contributed by atoms with van der Waals surface area (Å²) in [6, 6.07) is 0. The molecule has 0 atom stereocenters. The molecule has 0 radical (unpaired) electrons. The Morgan fingerprint density at radius 2 is 1.05 bits per heavy atom. The minimum atomic E-state index is -0.971. The van der Waals surface area contributed by atoms with E-state index in [-0.39, 0.29) is 19.5 Å². The minimum Gasteiger partial charge on any atom is -0.862 e. The first-order valence-corrected chi connectivity index (χ1v) is 6.91. The lowest BCUT2D eigenvalue weighted by atomic mass is 10.0. The van der Waals surface area contributed by atoms with Gasteiger partial charge < -0.3 is 20.4 Å². The van der Waals surface area contributed by atoms with E-state index in [9.17, 15) is 20.4 Å². The molecule has 0 aliphatic carbocycles. The predicted molar refractivity (Wildman–Crippen MR) is 76.6 cm³/mol. The summed E-state index contributed by atoms with van der Waals surface area (Å²) >= 11 is 0. The van der Waals surface area contributed by atoms with Gasteiger partial charge in [-0.15, -0.1) is 0 Å². The van der Waals surface area contributed by atoms with Crippen LogP contribution in [0.15, 0.2) is 20.0 Å². The normalized spacial score (nSPS) is 23.5. The van der Waals surface area contributed by atoms with Gasteiger partial charge in [-0.2, -0.15) is 0 Å². The highest BCUT2D eigenvalue weighted by molar-refractivity contribution is 5.93. The van der Waals surface area contributed by atoms with E-state index < -0.39 is 41.1 Å². The van der Waals surface area contributed by atoms with Crippen molar-refractivity contribution >= 4 is 23.6 Å². The van der Waals surface area contributed by atoms with Crippen molar-refractivity contribution in [3.63, 3.8) is 0 Å². The monoisotopic (exact) mass is 308 g/mol. The van der Waals surface area contributed by atoms with Crippen LogP contribution in [0.1, 0.15) is 47.0 Å². The Bertz CT molecular complexity index is 487. The molecule has 0 aromatic heterocycles. The highest BCUT2D eigenvalue weighted by atomic mass is 16.3. The maximum Gasteiger partial charge on any atom is 0.127 e. The fourth-order valence-electron chi connectivity index (χ4n) is 2.01. The molecular weight excluding hydrogens is 288 g/mol. The molecule has 0 N–H and O–H groups in total. The topological polar surface area (TPSA) is 142 Å². The zero-order chi connectivity index (χ0) is 17.0. The summed E-state index contributed by atoms with van der Waals surface area (Å²) in [6.07, 6.45) is -0.678. The van der Waals surface area contributed by atoms with E-state index in [0.29, 0.717) is 0 Å². The molecule has 1 aliphatic heterocycles. The van der Waals surface area contributed by atoms with Crippen LogP contribution >= 0.6 is 0 Å². The predicted octanol–water partition coefficient (Wildman–Crippen LogP) is -2.28. The van der Waals surface area contributed by atoms with Crippen LogP contribution in [0.4, 0.5) is 0 Å². The summed E-state index contributed by atoms with van der Waals surface area (Å²) in [6.45, 7) is 6.11. The molecule has 1 aliphatic rings. The Kier molecular flexibility index (Phi) is 5.51. The zero-order valence-electron chi connectivity index (χ0n) is 13.3. The number of aliphatic imine (C=N–C) groups is 4. The second kappa shape index (κ2) is 6.76. The zero-order valence-corrected chi connectivity index (χ0v) is 13.3. The van der Waals surface area contributed by atoms with Gasteiger partial charge in [0.1, 0.15) is 6.67 Å². The van der Waals surface area contributed by atoms with Gasteiger partial charge in [0.15, 0.2) is 0 Å². The Hall–Kier alpha value is -2.12. The largest absolute Gasteiger partial charge is 0.862 e. The molecule has 124 valence electrons. The molecule has 0 aromatic carbocycles. The van der Waals surface area contributed by atoms with Gasteiger partial charge in [0.05, 0.1) is 11.1 Å². The van der Waals surface area contributed by atoms with E-state index >= 15 is 0 Å². The Morgan fingerprint density at radius 1 is 0.682 bits per heavy atom. The van der Waals surface area contributed by atoms with Gasteiger partial charge in [0, 0.05) is 6.42 Å². The van der Waals surface area contributed by atoms with Crippen LogP contribution in [-0.4, -0.2) is 41.3 Å². The van der Waals surface area contributed by atoms with Gasteiger partial charge in [-0.3, -0.25) is 20.0 Å². The summed E-state index contributed by atoms with van der Waals surface area (Å²) in [7, 11) is 0.